The molecule has 0 fully saturated rings. The topological polar surface area (TPSA) is 80.3 Å². The van der Waals surface area contributed by atoms with Crippen LogP contribution in [0.1, 0.15) is 20.8 Å². The molecule has 0 bridgehead atoms. The summed E-state index contributed by atoms with van der Waals surface area (Å²) in [5, 5.41) is 5.85. The number of carbonyl (C=O) groups excluding carboxylic acids is 2. The minimum atomic E-state index is -0.463. The van der Waals surface area contributed by atoms with Crippen LogP contribution in [0.5, 0.6) is 5.75 Å². The molecule has 3 aromatic rings. The maximum Gasteiger partial charge on any atom is 0.274 e. The summed E-state index contributed by atoms with van der Waals surface area (Å²) in [7, 11) is 1.52. The van der Waals surface area contributed by atoms with Crippen LogP contribution in [0, 0.1) is 0 Å². The molecule has 136 valence electrons. The summed E-state index contributed by atoms with van der Waals surface area (Å²) in [5.41, 5.74) is 1.39. The van der Waals surface area contributed by atoms with Crippen molar-refractivity contribution in [1.29, 1.82) is 0 Å². The minimum absolute atomic E-state index is 0.0996. The summed E-state index contributed by atoms with van der Waals surface area (Å²) in [4.78, 5) is 29.0. The van der Waals surface area contributed by atoms with Crippen molar-refractivity contribution in [1.82, 2.24) is 4.98 Å². The lowest BCUT2D eigenvalue weighted by Crippen LogP contribution is -2.17. The largest absolute Gasteiger partial charge is 0.495 e. The van der Waals surface area contributed by atoms with Gasteiger partial charge in [-0.3, -0.25) is 14.6 Å². The molecule has 6 nitrogen and oxygen atoms in total. The van der Waals surface area contributed by atoms with Crippen LogP contribution in [-0.4, -0.2) is 23.9 Å². The number of hydrogen-bond donors (Lipinski definition) is 2. The molecule has 0 aliphatic heterocycles. The van der Waals surface area contributed by atoms with E-state index < -0.39 is 5.91 Å². The number of nitrogens with one attached hydrogen (secondary N) is 2. The molecular weight excluding hydrogens is 366 g/mol. The van der Waals surface area contributed by atoms with Crippen molar-refractivity contribution >= 4 is 34.8 Å². The van der Waals surface area contributed by atoms with E-state index in [1.165, 1.54) is 25.4 Å². The van der Waals surface area contributed by atoms with E-state index in [0.717, 1.165) is 0 Å². The zero-order valence-corrected chi connectivity index (χ0v) is 15.2. The van der Waals surface area contributed by atoms with E-state index in [2.05, 4.69) is 15.6 Å². The van der Waals surface area contributed by atoms with Crippen LogP contribution >= 0.6 is 11.6 Å². The highest BCUT2D eigenvalue weighted by Gasteiger charge is 2.14. The van der Waals surface area contributed by atoms with Gasteiger partial charge in [-0.25, -0.2) is 0 Å². The molecule has 3 rings (SSSR count). The number of para-hydroxylation sites is 3. The molecule has 0 atom stereocenters. The highest BCUT2D eigenvalue weighted by atomic mass is 35.5. The Bertz CT molecular complexity index is 991. The first-order chi connectivity index (χ1) is 13.1. The highest BCUT2D eigenvalue weighted by molar-refractivity contribution is 6.33. The SMILES string of the molecule is COc1ccccc1NC(=O)c1ccnc(C(=O)Nc2ccccc2Cl)c1. The minimum Gasteiger partial charge on any atom is -0.495 e. The van der Waals surface area contributed by atoms with Gasteiger partial charge in [0.15, 0.2) is 0 Å². The van der Waals surface area contributed by atoms with Gasteiger partial charge in [-0.2, -0.15) is 0 Å². The van der Waals surface area contributed by atoms with Crippen molar-refractivity contribution in [3.05, 3.63) is 83.1 Å². The second-order valence-electron chi connectivity index (χ2n) is 5.52. The number of carbonyl (C=O) groups is 2. The molecule has 1 heterocycles. The van der Waals surface area contributed by atoms with Crippen LogP contribution in [0.25, 0.3) is 0 Å². The molecule has 0 saturated heterocycles. The number of ether oxygens (including phenoxy) is 1. The fourth-order valence-electron chi connectivity index (χ4n) is 2.39. The number of amides is 2. The zero-order valence-electron chi connectivity index (χ0n) is 14.4. The Morgan fingerprint density at radius 2 is 1.59 bits per heavy atom. The van der Waals surface area contributed by atoms with Crippen molar-refractivity contribution in [3.63, 3.8) is 0 Å². The Hall–Kier alpha value is -3.38. The summed E-state index contributed by atoms with van der Waals surface area (Å²) < 4.78 is 5.22. The number of hydrogen-bond acceptors (Lipinski definition) is 4. The predicted molar refractivity (Wildman–Crippen MR) is 105 cm³/mol. The first kappa shape index (κ1) is 18.4. The fraction of sp³-hybridized carbons (Fsp3) is 0.0500. The number of pyridine rings is 1. The van der Waals surface area contributed by atoms with E-state index in [1.807, 2.05) is 0 Å². The van der Waals surface area contributed by atoms with Crippen molar-refractivity contribution in [2.24, 2.45) is 0 Å². The van der Waals surface area contributed by atoms with Gasteiger partial charge in [0.1, 0.15) is 11.4 Å². The summed E-state index contributed by atoms with van der Waals surface area (Å²) >= 11 is 6.05. The lowest BCUT2D eigenvalue weighted by Gasteiger charge is -2.10. The monoisotopic (exact) mass is 381 g/mol. The summed E-state index contributed by atoms with van der Waals surface area (Å²) in [5.74, 6) is -0.305. The number of halogens is 1. The van der Waals surface area contributed by atoms with E-state index >= 15 is 0 Å². The van der Waals surface area contributed by atoms with Crippen LogP contribution in [-0.2, 0) is 0 Å². The van der Waals surface area contributed by atoms with Crippen LogP contribution in [0.3, 0.4) is 0 Å². The van der Waals surface area contributed by atoms with Gasteiger partial charge < -0.3 is 15.4 Å². The van der Waals surface area contributed by atoms with Crippen LogP contribution in [0.15, 0.2) is 66.9 Å². The highest BCUT2D eigenvalue weighted by Crippen LogP contribution is 2.24. The average molecular weight is 382 g/mol. The van der Waals surface area contributed by atoms with E-state index in [0.29, 0.717) is 27.7 Å². The fourth-order valence-corrected chi connectivity index (χ4v) is 2.57. The smallest absolute Gasteiger partial charge is 0.274 e. The summed E-state index contributed by atoms with van der Waals surface area (Å²) in [6.07, 6.45) is 1.40. The molecule has 2 N–H and O–H groups in total. The summed E-state index contributed by atoms with van der Waals surface area (Å²) in [6.45, 7) is 0. The molecule has 7 heteroatoms. The van der Waals surface area contributed by atoms with Gasteiger partial charge in [-0.05, 0) is 36.4 Å². The van der Waals surface area contributed by atoms with E-state index in [-0.39, 0.29) is 11.6 Å². The molecule has 27 heavy (non-hydrogen) atoms. The third kappa shape index (κ3) is 4.43. The quantitative estimate of drug-likeness (QED) is 0.692. The lowest BCUT2D eigenvalue weighted by molar-refractivity contribution is 0.102. The summed E-state index contributed by atoms with van der Waals surface area (Å²) in [6, 6.07) is 16.9. The van der Waals surface area contributed by atoms with Crippen LogP contribution in [0.4, 0.5) is 11.4 Å². The van der Waals surface area contributed by atoms with Gasteiger partial charge in [0, 0.05) is 11.8 Å². The maximum absolute atomic E-state index is 12.5. The Morgan fingerprint density at radius 3 is 2.33 bits per heavy atom. The van der Waals surface area contributed by atoms with Crippen LogP contribution in [0.2, 0.25) is 5.02 Å². The number of nitrogens with zero attached hydrogens (tertiary/aromatic N) is 1. The molecular formula is C20H16ClN3O3. The van der Waals surface area contributed by atoms with Gasteiger partial charge in [-0.1, -0.05) is 35.9 Å². The Morgan fingerprint density at radius 1 is 0.926 bits per heavy atom. The maximum atomic E-state index is 12.5. The van der Waals surface area contributed by atoms with Gasteiger partial charge in [0.2, 0.25) is 0 Å². The molecule has 0 radical (unpaired) electrons. The normalized spacial score (nSPS) is 10.1. The molecule has 2 amide bonds. The Kier molecular flexibility index (Phi) is 5.68. The molecule has 0 aliphatic carbocycles. The molecule has 0 unspecified atom stereocenters. The second kappa shape index (κ2) is 8.33. The zero-order chi connectivity index (χ0) is 19.2. The molecule has 0 saturated carbocycles. The average Bonchev–Trinajstić information content (AvgIpc) is 2.70. The number of aromatic nitrogens is 1. The number of benzene rings is 2. The van der Waals surface area contributed by atoms with E-state index in [9.17, 15) is 9.59 Å². The molecule has 0 spiro atoms. The second-order valence-corrected chi connectivity index (χ2v) is 5.93. The van der Waals surface area contributed by atoms with Gasteiger partial charge in [-0.15, -0.1) is 0 Å². The Balaban J connectivity index is 1.77. The Labute approximate surface area is 161 Å². The van der Waals surface area contributed by atoms with Gasteiger partial charge in [0.05, 0.1) is 23.5 Å². The first-order valence-electron chi connectivity index (χ1n) is 8.05. The van der Waals surface area contributed by atoms with Crippen molar-refractivity contribution in [2.75, 3.05) is 17.7 Å². The predicted octanol–water partition coefficient (Wildman–Crippen LogP) is 4.25. The molecule has 2 aromatic carbocycles. The number of methoxy groups -OCH3 is 1. The third-order valence-corrected chi connectivity index (χ3v) is 4.06. The van der Waals surface area contributed by atoms with E-state index in [4.69, 9.17) is 16.3 Å². The lowest BCUT2D eigenvalue weighted by atomic mass is 10.2. The molecule has 1 aromatic heterocycles. The number of anilines is 2. The van der Waals surface area contributed by atoms with Crippen molar-refractivity contribution in [2.45, 2.75) is 0 Å². The van der Waals surface area contributed by atoms with Crippen LogP contribution < -0.4 is 15.4 Å². The third-order valence-electron chi connectivity index (χ3n) is 3.73. The standard InChI is InChI=1S/C20H16ClN3O3/c1-27-18-9-5-4-8-16(18)24-19(25)13-10-11-22-17(12-13)20(26)23-15-7-3-2-6-14(15)21/h2-12H,1H3,(H,23,26)(H,24,25). The van der Waals surface area contributed by atoms with Crippen molar-refractivity contribution in [3.8, 4) is 5.75 Å². The van der Waals surface area contributed by atoms with Crippen molar-refractivity contribution < 1.29 is 14.3 Å². The van der Waals surface area contributed by atoms with Gasteiger partial charge in [0.25, 0.3) is 11.8 Å². The molecule has 0 aliphatic rings. The van der Waals surface area contributed by atoms with E-state index in [1.54, 1.807) is 48.5 Å². The number of rotatable bonds is 5. The van der Waals surface area contributed by atoms with Gasteiger partial charge >= 0.3 is 0 Å². The first-order valence-corrected chi connectivity index (χ1v) is 8.42.